The minimum atomic E-state index is -0.826. The first-order valence-electron chi connectivity index (χ1n) is 6.95. The Hall–Kier alpha value is 0.153. The molecular formula is C15H19Cl2NOZr. The molecule has 5 heteroatoms. The summed E-state index contributed by atoms with van der Waals surface area (Å²) in [5, 5.41) is 9.91. The molecule has 0 bridgehead atoms. The zero-order valence-electron chi connectivity index (χ0n) is 11.5. The molecule has 108 valence electrons. The Kier molecular flexibility index (Phi) is 6.58. The number of fused-ring (bicyclic) bond motifs is 1. The van der Waals surface area contributed by atoms with Crippen molar-refractivity contribution in [1.82, 2.24) is 0 Å². The number of aliphatic imine (C=N–C) groups is 1. The van der Waals surface area contributed by atoms with E-state index in [2.05, 4.69) is 0 Å². The molecule has 1 N–H and O–H groups in total. The van der Waals surface area contributed by atoms with Crippen LogP contribution in [0.1, 0.15) is 36.8 Å². The van der Waals surface area contributed by atoms with Crippen molar-refractivity contribution in [3.8, 4) is 5.75 Å². The average molecular weight is 391 g/mol. The van der Waals surface area contributed by atoms with E-state index >= 15 is 0 Å². The fourth-order valence-corrected chi connectivity index (χ4v) is 3.02. The van der Waals surface area contributed by atoms with Gasteiger partial charge in [0.2, 0.25) is 0 Å². The third-order valence-electron chi connectivity index (χ3n) is 4.22. The number of hydrogen-bond acceptors (Lipinski definition) is 2. The first kappa shape index (κ1) is 16.5. The number of benzene rings is 1. The van der Waals surface area contributed by atoms with Gasteiger partial charge in [-0.1, -0.05) is 25.0 Å². The van der Waals surface area contributed by atoms with Crippen LogP contribution >= 0.6 is 17.0 Å². The Morgan fingerprint density at radius 2 is 2.10 bits per heavy atom. The second kappa shape index (κ2) is 7.96. The first-order valence-corrected chi connectivity index (χ1v) is 13.3. The van der Waals surface area contributed by atoms with E-state index in [1.54, 1.807) is 0 Å². The number of phenolic OH excluding ortho intramolecular Hbond substituents is 1. The third-order valence-corrected chi connectivity index (χ3v) is 4.22. The van der Waals surface area contributed by atoms with Gasteiger partial charge in [-0.25, -0.2) is 0 Å². The van der Waals surface area contributed by atoms with E-state index in [1.807, 2.05) is 31.3 Å². The molecule has 1 aromatic rings. The Bertz CT molecular complexity index is 481. The molecule has 20 heavy (non-hydrogen) atoms. The molecular weight excluding hydrogens is 372 g/mol. The standard InChI is InChI=1S/C15H19NO.2ClH.Zr/c1-10-4-2-6-12(15(10)17)9-16-14-7-3-5-11-8-13(11)14;;;/h2,4,6,9,11,13-14,17H,3,5,7-8H2,1H3;2*1H;/q;;;+2/p-2. The minimum absolute atomic E-state index is 0.374. The van der Waals surface area contributed by atoms with E-state index in [-0.39, 0.29) is 0 Å². The number of para-hydroxylation sites is 1. The van der Waals surface area contributed by atoms with Crippen molar-refractivity contribution in [2.45, 2.75) is 38.6 Å². The molecule has 2 saturated carbocycles. The second-order valence-corrected chi connectivity index (χ2v) is 9.25. The van der Waals surface area contributed by atoms with Crippen LogP contribution in [-0.2, 0) is 20.8 Å². The van der Waals surface area contributed by atoms with Gasteiger partial charge in [-0.2, -0.15) is 0 Å². The van der Waals surface area contributed by atoms with Crippen LogP contribution in [0, 0.1) is 18.8 Å². The maximum absolute atomic E-state index is 9.91. The van der Waals surface area contributed by atoms with Crippen LogP contribution in [0.25, 0.3) is 0 Å². The number of hydrogen-bond donors (Lipinski definition) is 1. The second-order valence-electron chi connectivity index (χ2n) is 5.52. The molecule has 1 aromatic carbocycles. The van der Waals surface area contributed by atoms with Crippen molar-refractivity contribution >= 4 is 23.2 Å². The van der Waals surface area contributed by atoms with Gasteiger partial charge >= 0.3 is 37.9 Å². The summed E-state index contributed by atoms with van der Waals surface area (Å²) >= 11 is -0.826. The van der Waals surface area contributed by atoms with Crippen LogP contribution < -0.4 is 0 Å². The topological polar surface area (TPSA) is 32.6 Å². The molecule has 2 aliphatic carbocycles. The van der Waals surface area contributed by atoms with Crippen LogP contribution in [0.4, 0.5) is 0 Å². The fourth-order valence-electron chi connectivity index (χ4n) is 3.02. The summed E-state index contributed by atoms with van der Waals surface area (Å²) < 4.78 is 0. The van der Waals surface area contributed by atoms with Crippen molar-refractivity contribution in [2.75, 3.05) is 0 Å². The Morgan fingerprint density at radius 3 is 2.85 bits per heavy atom. The molecule has 0 heterocycles. The molecule has 3 unspecified atom stereocenters. The Morgan fingerprint density at radius 1 is 1.35 bits per heavy atom. The molecule has 2 aliphatic rings. The monoisotopic (exact) mass is 389 g/mol. The molecule has 0 amide bonds. The van der Waals surface area contributed by atoms with E-state index in [1.165, 1.54) is 25.7 Å². The molecule has 3 rings (SSSR count). The zero-order valence-corrected chi connectivity index (χ0v) is 15.5. The predicted octanol–water partition coefficient (Wildman–Crippen LogP) is 4.68. The van der Waals surface area contributed by atoms with Gasteiger partial charge in [-0.05, 0) is 43.2 Å². The van der Waals surface area contributed by atoms with Gasteiger partial charge in [0, 0.05) is 11.8 Å². The van der Waals surface area contributed by atoms with E-state index in [0.29, 0.717) is 11.8 Å². The third kappa shape index (κ3) is 4.32. The van der Waals surface area contributed by atoms with Gasteiger partial charge in [0.1, 0.15) is 5.75 Å². The van der Waals surface area contributed by atoms with E-state index < -0.39 is 20.8 Å². The van der Waals surface area contributed by atoms with Gasteiger partial charge in [-0.15, -0.1) is 0 Å². The van der Waals surface area contributed by atoms with Crippen molar-refractivity contribution in [3.63, 3.8) is 0 Å². The summed E-state index contributed by atoms with van der Waals surface area (Å²) in [7, 11) is 9.87. The molecule has 0 aliphatic heterocycles. The van der Waals surface area contributed by atoms with Crippen LogP contribution in [0.3, 0.4) is 0 Å². The Labute approximate surface area is 139 Å². The molecule has 0 aromatic heterocycles. The van der Waals surface area contributed by atoms with Crippen LogP contribution in [0.15, 0.2) is 23.2 Å². The van der Waals surface area contributed by atoms with E-state index in [0.717, 1.165) is 23.0 Å². The fraction of sp³-hybridized carbons (Fsp3) is 0.533. The van der Waals surface area contributed by atoms with E-state index in [9.17, 15) is 5.11 Å². The van der Waals surface area contributed by atoms with Gasteiger partial charge in [0.05, 0.1) is 6.04 Å². The quantitative estimate of drug-likeness (QED) is 0.730. The van der Waals surface area contributed by atoms with Crippen LogP contribution in [0.2, 0.25) is 0 Å². The molecule has 2 fully saturated rings. The zero-order chi connectivity index (χ0) is 14.5. The van der Waals surface area contributed by atoms with Crippen molar-refractivity contribution in [2.24, 2.45) is 16.8 Å². The predicted molar refractivity (Wildman–Crippen MR) is 81.4 cm³/mol. The number of aromatic hydroxyl groups is 1. The normalized spacial score (nSPS) is 27.4. The molecule has 2 nitrogen and oxygen atoms in total. The van der Waals surface area contributed by atoms with Crippen molar-refractivity contribution in [3.05, 3.63) is 29.3 Å². The maximum atomic E-state index is 9.91. The van der Waals surface area contributed by atoms with Crippen LogP contribution in [-0.4, -0.2) is 17.4 Å². The van der Waals surface area contributed by atoms with E-state index in [4.69, 9.17) is 22.0 Å². The van der Waals surface area contributed by atoms with Gasteiger partial charge in [0.15, 0.2) is 0 Å². The summed E-state index contributed by atoms with van der Waals surface area (Å²) in [4.78, 5) is 4.69. The summed E-state index contributed by atoms with van der Waals surface area (Å²) in [5.74, 6) is 2.17. The molecule has 3 atom stereocenters. The summed E-state index contributed by atoms with van der Waals surface area (Å²) in [6, 6.07) is 6.33. The number of halogens is 2. The SMILES string of the molecule is Cc1cccc(C=NC2CCCC3CC32)c1O.[Cl][Zr][Cl]. The first-order chi connectivity index (χ1) is 9.67. The van der Waals surface area contributed by atoms with Gasteiger partial charge in [0.25, 0.3) is 0 Å². The molecule has 0 saturated heterocycles. The van der Waals surface area contributed by atoms with Gasteiger partial charge in [-0.3, -0.25) is 4.99 Å². The number of nitrogens with zero attached hydrogens (tertiary/aromatic N) is 1. The van der Waals surface area contributed by atoms with Crippen molar-refractivity contribution in [1.29, 1.82) is 0 Å². The Balaban J connectivity index is 0.000000452. The number of rotatable bonds is 2. The molecule has 0 spiro atoms. The molecule has 0 radical (unpaired) electrons. The van der Waals surface area contributed by atoms with Crippen LogP contribution in [0.5, 0.6) is 5.75 Å². The van der Waals surface area contributed by atoms with Gasteiger partial charge < -0.3 is 5.11 Å². The summed E-state index contributed by atoms with van der Waals surface area (Å²) in [6.45, 7) is 1.92. The summed E-state index contributed by atoms with van der Waals surface area (Å²) in [6.07, 6.45) is 7.20. The number of aryl methyl sites for hydroxylation is 1. The summed E-state index contributed by atoms with van der Waals surface area (Å²) in [5.41, 5.74) is 1.77. The number of phenols is 1. The van der Waals surface area contributed by atoms with Crippen molar-refractivity contribution < 1.29 is 26.0 Å². The average Bonchev–Trinajstić information content (AvgIpc) is 3.21.